The molecule has 1 fully saturated rings. The lowest BCUT2D eigenvalue weighted by molar-refractivity contribution is -0.385. The first kappa shape index (κ1) is 15.0. The van der Waals surface area contributed by atoms with Crippen LogP contribution < -0.4 is 9.64 Å². The topological polar surface area (TPSA) is 102 Å². The highest BCUT2D eigenvalue weighted by Gasteiger charge is 2.40. The third-order valence-corrected chi connectivity index (χ3v) is 3.57. The van der Waals surface area contributed by atoms with E-state index in [0.717, 1.165) is 0 Å². The second kappa shape index (κ2) is 5.96. The molecule has 0 bridgehead atoms. The van der Waals surface area contributed by atoms with E-state index < -0.39 is 16.9 Å². The molecule has 0 radical (unpaired) electrons. The van der Waals surface area contributed by atoms with Crippen LogP contribution in [0.25, 0.3) is 0 Å². The van der Waals surface area contributed by atoms with E-state index in [-0.39, 0.29) is 36.2 Å². The molecule has 8 heteroatoms. The molecule has 2 rings (SSSR count). The number of methoxy groups -OCH3 is 2. The maximum Gasteiger partial charge on any atom is 0.333 e. The van der Waals surface area contributed by atoms with Crippen LogP contribution in [-0.2, 0) is 9.53 Å². The number of carbonyl (C=O) groups is 1. The maximum atomic E-state index is 11.4. The van der Waals surface area contributed by atoms with Gasteiger partial charge in [-0.25, -0.2) is 4.79 Å². The van der Waals surface area contributed by atoms with Crippen molar-refractivity contribution in [3.05, 3.63) is 28.3 Å². The van der Waals surface area contributed by atoms with Crippen molar-refractivity contribution in [1.82, 2.24) is 0 Å². The quantitative estimate of drug-likeness (QED) is 0.645. The number of rotatable bonds is 5. The summed E-state index contributed by atoms with van der Waals surface area (Å²) in [5, 5.41) is 20.6. The van der Waals surface area contributed by atoms with Gasteiger partial charge in [0.1, 0.15) is 11.7 Å². The summed E-state index contributed by atoms with van der Waals surface area (Å²) in [7, 11) is 2.83. The first-order valence-electron chi connectivity index (χ1n) is 6.33. The Labute approximate surface area is 121 Å². The smallest absolute Gasteiger partial charge is 0.333 e. The molecule has 0 aliphatic carbocycles. The highest BCUT2D eigenvalue weighted by molar-refractivity contribution is 5.82. The highest BCUT2D eigenvalue weighted by Crippen LogP contribution is 2.40. The van der Waals surface area contributed by atoms with Crippen molar-refractivity contribution in [1.29, 1.82) is 0 Å². The first-order chi connectivity index (χ1) is 9.99. The van der Waals surface area contributed by atoms with Crippen molar-refractivity contribution in [2.24, 2.45) is 0 Å². The van der Waals surface area contributed by atoms with E-state index in [0.29, 0.717) is 0 Å². The fourth-order valence-electron chi connectivity index (χ4n) is 2.56. The van der Waals surface area contributed by atoms with Crippen molar-refractivity contribution < 1.29 is 24.3 Å². The molecule has 0 spiro atoms. The van der Waals surface area contributed by atoms with Crippen LogP contribution in [0.5, 0.6) is 5.75 Å². The summed E-state index contributed by atoms with van der Waals surface area (Å²) in [6.07, 6.45) is -0.00267. The van der Waals surface area contributed by atoms with Gasteiger partial charge < -0.3 is 19.5 Å². The van der Waals surface area contributed by atoms with E-state index in [1.54, 1.807) is 6.07 Å². The third-order valence-electron chi connectivity index (χ3n) is 3.57. The second-order valence-electron chi connectivity index (χ2n) is 4.68. The van der Waals surface area contributed by atoms with Gasteiger partial charge in [-0.1, -0.05) is 6.07 Å². The number of nitro benzene ring substituents is 1. The van der Waals surface area contributed by atoms with Gasteiger partial charge in [0.05, 0.1) is 18.1 Å². The average molecular weight is 296 g/mol. The zero-order chi connectivity index (χ0) is 15.6. The molecule has 1 N–H and O–H groups in total. The Morgan fingerprint density at radius 3 is 2.71 bits per heavy atom. The molecule has 1 aliphatic heterocycles. The van der Waals surface area contributed by atoms with Crippen molar-refractivity contribution in [2.45, 2.75) is 18.6 Å². The number of anilines is 1. The molecule has 0 amide bonds. The molecule has 2 unspecified atom stereocenters. The van der Waals surface area contributed by atoms with Gasteiger partial charge in [0, 0.05) is 20.1 Å². The standard InChI is InChI=1S/C13H16N2O6/c1-20-8-6-10(13(16)17)14(7-8)9-4-3-5-11(21-2)12(9)15(18)19/h3-5,8,10H,6-7H2,1-2H3,(H,16,17). The number of nitrogens with zero attached hydrogens (tertiary/aromatic N) is 2. The van der Waals surface area contributed by atoms with Gasteiger partial charge in [0.2, 0.25) is 0 Å². The predicted octanol–water partition coefficient (Wildman–Crippen LogP) is 1.28. The van der Waals surface area contributed by atoms with Crippen molar-refractivity contribution in [3.63, 3.8) is 0 Å². The molecular formula is C13H16N2O6. The number of hydrogen-bond donors (Lipinski definition) is 1. The molecule has 21 heavy (non-hydrogen) atoms. The monoisotopic (exact) mass is 296 g/mol. The molecule has 114 valence electrons. The number of nitro groups is 1. The minimum absolute atomic E-state index is 0.0995. The number of aliphatic carboxylic acids is 1. The lowest BCUT2D eigenvalue weighted by Crippen LogP contribution is -2.36. The predicted molar refractivity (Wildman–Crippen MR) is 73.8 cm³/mol. The van der Waals surface area contributed by atoms with E-state index >= 15 is 0 Å². The molecule has 0 aromatic heterocycles. The minimum atomic E-state index is -1.04. The first-order valence-corrected chi connectivity index (χ1v) is 6.33. The number of para-hydroxylation sites is 1. The van der Waals surface area contributed by atoms with Crippen molar-refractivity contribution >= 4 is 17.3 Å². The molecular weight excluding hydrogens is 280 g/mol. The fourth-order valence-corrected chi connectivity index (χ4v) is 2.56. The Bertz CT molecular complexity index is 562. The van der Waals surface area contributed by atoms with Crippen LogP contribution in [0.2, 0.25) is 0 Å². The fraction of sp³-hybridized carbons (Fsp3) is 0.462. The number of ether oxygens (including phenoxy) is 2. The lowest BCUT2D eigenvalue weighted by atomic mass is 10.1. The van der Waals surface area contributed by atoms with Crippen LogP contribution in [0.1, 0.15) is 6.42 Å². The van der Waals surface area contributed by atoms with E-state index in [2.05, 4.69) is 0 Å². The summed E-state index contributed by atoms with van der Waals surface area (Å²) >= 11 is 0. The summed E-state index contributed by atoms with van der Waals surface area (Å²) < 4.78 is 10.2. The average Bonchev–Trinajstić information content (AvgIpc) is 2.90. The molecule has 1 aromatic rings. The Hall–Kier alpha value is -2.35. The van der Waals surface area contributed by atoms with Gasteiger partial charge in [0.25, 0.3) is 0 Å². The zero-order valence-corrected chi connectivity index (χ0v) is 11.7. The maximum absolute atomic E-state index is 11.4. The third kappa shape index (κ3) is 2.75. The molecule has 1 aromatic carbocycles. The van der Waals surface area contributed by atoms with Gasteiger partial charge in [-0.3, -0.25) is 10.1 Å². The number of hydrogen-bond acceptors (Lipinski definition) is 6. The van der Waals surface area contributed by atoms with Crippen LogP contribution >= 0.6 is 0 Å². The van der Waals surface area contributed by atoms with Crippen LogP contribution in [0, 0.1) is 10.1 Å². The Kier molecular flexibility index (Phi) is 4.27. The van der Waals surface area contributed by atoms with Crippen LogP contribution in [0.4, 0.5) is 11.4 Å². The van der Waals surface area contributed by atoms with Crippen LogP contribution in [0.3, 0.4) is 0 Å². The van der Waals surface area contributed by atoms with Crippen LogP contribution in [0.15, 0.2) is 18.2 Å². The molecule has 1 saturated heterocycles. The van der Waals surface area contributed by atoms with E-state index in [4.69, 9.17) is 9.47 Å². The Morgan fingerprint density at radius 2 is 2.19 bits per heavy atom. The van der Waals surface area contributed by atoms with Gasteiger partial charge in [0.15, 0.2) is 5.75 Å². The van der Waals surface area contributed by atoms with Crippen molar-refractivity contribution in [2.75, 3.05) is 25.7 Å². The van der Waals surface area contributed by atoms with Gasteiger partial charge in [-0.05, 0) is 12.1 Å². The zero-order valence-electron chi connectivity index (χ0n) is 11.7. The van der Waals surface area contributed by atoms with Gasteiger partial charge in [-0.15, -0.1) is 0 Å². The summed E-state index contributed by atoms with van der Waals surface area (Å²) in [4.78, 5) is 23.6. The van der Waals surface area contributed by atoms with E-state index in [9.17, 15) is 20.0 Å². The largest absolute Gasteiger partial charge is 0.490 e. The molecule has 1 aliphatic rings. The highest BCUT2D eigenvalue weighted by atomic mass is 16.6. The number of benzene rings is 1. The van der Waals surface area contributed by atoms with Crippen molar-refractivity contribution in [3.8, 4) is 5.75 Å². The molecule has 2 atom stereocenters. The molecule has 8 nitrogen and oxygen atoms in total. The van der Waals surface area contributed by atoms with Crippen LogP contribution in [-0.4, -0.2) is 48.9 Å². The second-order valence-corrected chi connectivity index (χ2v) is 4.68. The van der Waals surface area contributed by atoms with E-state index in [1.807, 2.05) is 0 Å². The number of carboxylic acids is 1. The summed E-state index contributed by atoms with van der Waals surface area (Å²) in [6, 6.07) is 3.73. The Balaban J connectivity index is 2.49. The van der Waals surface area contributed by atoms with E-state index in [1.165, 1.54) is 31.3 Å². The van der Waals surface area contributed by atoms with Gasteiger partial charge in [-0.2, -0.15) is 0 Å². The lowest BCUT2D eigenvalue weighted by Gasteiger charge is -2.23. The summed E-state index contributed by atoms with van der Waals surface area (Å²) in [5.41, 5.74) is -0.00527. The normalized spacial score (nSPS) is 21.3. The SMILES string of the molecule is COc1cccc(N2CC(OC)CC2C(=O)O)c1[N+](=O)[O-]. The summed E-state index contributed by atoms with van der Waals surface area (Å²) in [5.74, 6) is -0.936. The molecule has 1 heterocycles. The molecule has 0 saturated carbocycles. The minimum Gasteiger partial charge on any atom is -0.490 e. The number of carboxylic acid groups (broad SMARTS) is 1. The Morgan fingerprint density at radius 1 is 1.48 bits per heavy atom. The summed E-state index contributed by atoms with van der Waals surface area (Å²) in [6.45, 7) is 0.279. The van der Waals surface area contributed by atoms with Gasteiger partial charge >= 0.3 is 11.7 Å².